The van der Waals surface area contributed by atoms with Crippen LogP contribution >= 0.6 is 0 Å². The molecule has 4 unspecified atom stereocenters. The Morgan fingerprint density at radius 1 is 0.364 bits per heavy atom. The molecule has 12 rings (SSSR count). The predicted molar refractivity (Wildman–Crippen MR) is 246 cm³/mol. The maximum atomic E-state index is 14.1. The van der Waals surface area contributed by atoms with Gasteiger partial charge in [0.1, 0.15) is 0 Å². The molecule has 11 heteroatoms. The number of imide groups is 2. The molecular formula is C55H38N4O7. The number of nitrogens with zero attached hydrogens (tertiary/aromatic N) is 4. The summed E-state index contributed by atoms with van der Waals surface area (Å²) in [5.41, 5.74) is 7.19. The van der Waals surface area contributed by atoms with Crippen LogP contribution in [0.4, 0.5) is 11.4 Å². The second kappa shape index (κ2) is 14.9. The summed E-state index contributed by atoms with van der Waals surface area (Å²) in [6.07, 6.45) is 1.11. The molecule has 0 saturated carbocycles. The van der Waals surface area contributed by atoms with Gasteiger partial charge in [0, 0.05) is 57.3 Å². The first-order chi connectivity index (χ1) is 32.2. The lowest BCUT2D eigenvalue weighted by molar-refractivity contribution is -0.124. The third-order valence-electron chi connectivity index (χ3n) is 14.2. The lowest BCUT2D eigenvalue weighted by Crippen LogP contribution is -2.31. The molecule has 0 radical (unpaired) electrons. The van der Waals surface area contributed by atoms with Gasteiger partial charge in [-0.3, -0.25) is 52.5 Å². The molecule has 8 aromatic rings. The minimum absolute atomic E-state index is 0.191. The standard InChI is InChI=1S/C55H38N4O7/c60-49(31-19-23-35(24-20-31)56-52(63)41-27-39-37-15-7-9-17-45(37)58(47(39)29-43(41)54(56)65)50(61)33-11-3-1-4-12-33)32-21-25-36(26-22-32)57-53(64)42-28-40-38-16-8-10-18-46(38)59(48(40)30-44(42)55(57)66)51(62)34-13-5-2-6-14-34/h1-26,41-44H,27-30H2. The highest BCUT2D eigenvalue weighted by molar-refractivity contribution is 6.24. The molecule has 0 spiro atoms. The molecule has 4 heterocycles. The third-order valence-corrected chi connectivity index (χ3v) is 14.2. The number of fused-ring (bicyclic) bond motifs is 8. The Labute approximate surface area is 377 Å². The van der Waals surface area contributed by atoms with Crippen LogP contribution in [0.15, 0.2) is 158 Å². The minimum atomic E-state index is -0.651. The summed E-state index contributed by atoms with van der Waals surface area (Å²) in [4.78, 5) is 100. The van der Waals surface area contributed by atoms with E-state index in [1.807, 2.05) is 84.9 Å². The van der Waals surface area contributed by atoms with Crippen molar-refractivity contribution in [3.05, 3.63) is 202 Å². The van der Waals surface area contributed by atoms with Crippen molar-refractivity contribution in [3.63, 3.8) is 0 Å². The quantitative estimate of drug-likeness (QED) is 0.122. The van der Waals surface area contributed by atoms with Crippen LogP contribution in [-0.2, 0) is 44.9 Å². The van der Waals surface area contributed by atoms with Crippen molar-refractivity contribution >= 4 is 74.4 Å². The van der Waals surface area contributed by atoms with Gasteiger partial charge in [-0.1, -0.05) is 72.8 Å². The summed E-state index contributed by atoms with van der Waals surface area (Å²) >= 11 is 0. The zero-order valence-electron chi connectivity index (χ0n) is 35.3. The molecular weight excluding hydrogens is 829 g/mol. The zero-order valence-corrected chi connectivity index (χ0v) is 35.3. The molecule has 0 bridgehead atoms. The fraction of sp³-hybridized carbons (Fsp3) is 0.145. The normalized spacial score (nSPS) is 19.8. The number of carbonyl (C=O) groups excluding carboxylic acids is 7. The zero-order chi connectivity index (χ0) is 45.0. The monoisotopic (exact) mass is 866 g/mol. The van der Waals surface area contributed by atoms with Gasteiger partial charge in [0.05, 0.1) is 46.1 Å². The van der Waals surface area contributed by atoms with Crippen LogP contribution in [-0.4, -0.2) is 50.4 Å². The van der Waals surface area contributed by atoms with E-state index >= 15 is 0 Å². The summed E-state index contributed by atoms with van der Waals surface area (Å²) in [5.74, 6) is -4.51. The predicted octanol–water partition coefficient (Wildman–Crippen LogP) is 8.01. The van der Waals surface area contributed by atoms with E-state index in [1.54, 1.807) is 81.9 Å². The van der Waals surface area contributed by atoms with E-state index in [-0.39, 0.29) is 54.1 Å². The fourth-order valence-electron chi connectivity index (χ4n) is 11.0. The van der Waals surface area contributed by atoms with E-state index in [0.717, 1.165) is 44.3 Å². The van der Waals surface area contributed by atoms with Crippen molar-refractivity contribution < 1.29 is 33.6 Å². The number of amides is 4. The Kier molecular flexibility index (Phi) is 8.86. The molecule has 0 N–H and O–H groups in total. The smallest absolute Gasteiger partial charge is 0.262 e. The molecule has 4 atom stereocenters. The first-order valence-corrected chi connectivity index (χ1v) is 22.1. The van der Waals surface area contributed by atoms with E-state index in [2.05, 4.69) is 0 Å². The van der Waals surface area contributed by atoms with Gasteiger partial charge in [-0.2, -0.15) is 0 Å². The molecule has 320 valence electrons. The number of rotatable bonds is 6. The van der Waals surface area contributed by atoms with Crippen molar-refractivity contribution in [2.45, 2.75) is 25.7 Å². The van der Waals surface area contributed by atoms with E-state index in [1.165, 1.54) is 9.80 Å². The van der Waals surface area contributed by atoms with Crippen molar-refractivity contribution in [2.24, 2.45) is 23.7 Å². The Balaban J connectivity index is 0.763. The maximum absolute atomic E-state index is 14.1. The highest BCUT2D eigenvalue weighted by Crippen LogP contribution is 2.45. The van der Waals surface area contributed by atoms with Crippen LogP contribution in [0, 0.1) is 23.7 Å². The van der Waals surface area contributed by atoms with Crippen molar-refractivity contribution in [1.82, 2.24) is 9.13 Å². The lowest BCUT2D eigenvalue weighted by atomic mass is 9.79. The van der Waals surface area contributed by atoms with E-state index in [4.69, 9.17) is 0 Å². The van der Waals surface area contributed by atoms with E-state index in [0.29, 0.717) is 46.5 Å². The Morgan fingerprint density at radius 3 is 1.08 bits per heavy atom. The molecule has 6 aromatic carbocycles. The minimum Gasteiger partial charge on any atom is -0.289 e. The van der Waals surface area contributed by atoms with E-state index in [9.17, 15) is 33.6 Å². The molecule has 2 fully saturated rings. The summed E-state index contributed by atoms with van der Waals surface area (Å²) in [5, 5.41) is 1.77. The average Bonchev–Trinajstić information content (AvgIpc) is 4.03. The molecule has 2 aliphatic heterocycles. The number of aromatic nitrogens is 2. The highest BCUT2D eigenvalue weighted by atomic mass is 16.2. The Bertz CT molecular complexity index is 3200. The first kappa shape index (κ1) is 39.3. The van der Waals surface area contributed by atoms with Crippen LogP contribution in [0.1, 0.15) is 59.2 Å². The average molecular weight is 867 g/mol. The SMILES string of the molecule is O=C(c1ccc(N2C(=O)C3Cc4c(n(C(=O)c5ccccc5)c5ccccc45)CC3C2=O)cc1)c1ccc(N2C(=O)C3Cc4c(n(C(=O)c5ccccc5)c5ccccc45)CC3C2=O)cc1. The lowest BCUT2D eigenvalue weighted by Gasteiger charge is -2.23. The van der Waals surface area contributed by atoms with Gasteiger partial charge in [-0.25, -0.2) is 0 Å². The molecule has 4 amide bonds. The summed E-state index contributed by atoms with van der Waals surface area (Å²) in [6.45, 7) is 0. The topological polar surface area (TPSA) is 136 Å². The van der Waals surface area contributed by atoms with Crippen LogP contribution in [0.2, 0.25) is 0 Å². The van der Waals surface area contributed by atoms with Crippen LogP contribution in [0.25, 0.3) is 21.8 Å². The van der Waals surface area contributed by atoms with Gasteiger partial charge in [-0.15, -0.1) is 0 Å². The number of hydrogen-bond acceptors (Lipinski definition) is 7. The summed E-state index contributed by atoms with van der Waals surface area (Å²) in [7, 11) is 0. The van der Waals surface area contributed by atoms with Crippen molar-refractivity contribution in [1.29, 1.82) is 0 Å². The second-order valence-electron chi connectivity index (χ2n) is 17.6. The number of hydrogen-bond donors (Lipinski definition) is 0. The van der Waals surface area contributed by atoms with Crippen molar-refractivity contribution in [3.8, 4) is 0 Å². The first-order valence-electron chi connectivity index (χ1n) is 22.1. The Morgan fingerprint density at radius 2 is 0.697 bits per heavy atom. The molecule has 4 aliphatic rings. The second-order valence-corrected chi connectivity index (χ2v) is 17.6. The van der Waals surface area contributed by atoms with Gasteiger partial charge in [0.25, 0.3) is 11.8 Å². The van der Waals surface area contributed by atoms with Gasteiger partial charge in [0.2, 0.25) is 23.6 Å². The number of benzene rings is 6. The molecule has 2 aliphatic carbocycles. The third kappa shape index (κ3) is 5.78. The van der Waals surface area contributed by atoms with Gasteiger partial charge in [-0.05, 0) is 109 Å². The van der Waals surface area contributed by atoms with Gasteiger partial charge >= 0.3 is 0 Å². The summed E-state index contributed by atoms with van der Waals surface area (Å²) in [6, 6.07) is 46.0. The highest BCUT2D eigenvalue weighted by Gasteiger charge is 2.53. The largest absolute Gasteiger partial charge is 0.289 e. The molecule has 2 aromatic heterocycles. The number of anilines is 2. The van der Waals surface area contributed by atoms with Crippen LogP contribution in [0.3, 0.4) is 0 Å². The molecule has 11 nitrogen and oxygen atoms in total. The fourth-order valence-corrected chi connectivity index (χ4v) is 11.0. The molecule has 66 heavy (non-hydrogen) atoms. The molecule has 2 saturated heterocycles. The van der Waals surface area contributed by atoms with Crippen molar-refractivity contribution in [2.75, 3.05) is 9.80 Å². The van der Waals surface area contributed by atoms with Gasteiger partial charge < -0.3 is 0 Å². The number of carbonyl (C=O) groups is 7. The summed E-state index contributed by atoms with van der Waals surface area (Å²) < 4.78 is 3.40. The Hall–Kier alpha value is -8.31. The van der Waals surface area contributed by atoms with Gasteiger partial charge in [0.15, 0.2) is 5.78 Å². The van der Waals surface area contributed by atoms with Crippen LogP contribution in [0.5, 0.6) is 0 Å². The maximum Gasteiger partial charge on any atom is 0.262 e. The number of ketones is 1. The van der Waals surface area contributed by atoms with Crippen LogP contribution < -0.4 is 9.80 Å². The van der Waals surface area contributed by atoms with E-state index < -0.39 is 23.7 Å². The number of para-hydroxylation sites is 2.